The SMILES string of the molecule is CC(NC(=O)OC(C)(C)C)c1nc2ccc(F)cc2n1-c1ccc(F)cc1. The van der Waals surface area contributed by atoms with E-state index < -0.39 is 23.6 Å². The number of halogens is 2. The molecule has 0 spiro atoms. The lowest BCUT2D eigenvalue weighted by molar-refractivity contribution is 0.0505. The van der Waals surface area contributed by atoms with Crippen LogP contribution in [-0.4, -0.2) is 21.2 Å². The highest BCUT2D eigenvalue weighted by atomic mass is 19.1. The first-order valence-electron chi connectivity index (χ1n) is 8.57. The van der Waals surface area contributed by atoms with Crippen LogP contribution in [0.1, 0.15) is 39.6 Å². The van der Waals surface area contributed by atoms with Crippen LogP contribution in [0.3, 0.4) is 0 Å². The third kappa shape index (κ3) is 4.24. The molecule has 142 valence electrons. The molecule has 2 aromatic carbocycles. The van der Waals surface area contributed by atoms with Crippen LogP contribution >= 0.6 is 0 Å². The number of hydrogen-bond donors (Lipinski definition) is 1. The lowest BCUT2D eigenvalue weighted by Crippen LogP contribution is -2.34. The van der Waals surface area contributed by atoms with Gasteiger partial charge in [-0.05, 0) is 64.1 Å². The number of hydrogen-bond acceptors (Lipinski definition) is 3. The number of ether oxygens (including phenoxy) is 1. The number of alkyl carbamates (subject to hydrolysis) is 1. The molecular weight excluding hydrogens is 352 g/mol. The van der Waals surface area contributed by atoms with Gasteiger partial charge in [0.05, 0.1) is 17.1 Å². The minimum atomic E-state index is -0.635. The normalized spacial score (nSPS) is 12.8. The van der Waals surface area contributed by atoms with Gasteiger partial charge < -0.3 is 10.1 Å². The Bertz CT molecular complexity index is 975. The third-order valence-corrected chi connectivity index (χ3v) is 3.85. The summed E-state index contributed by atoms with van der Waals surface area (Å²) in [6, 6.07) is 9.49. The third-order valence-electron chi connectivity index (χ3n) is 3.85. The lowest BCUT2D eigenvalue weighted by Gasteiger charge is -2.22. The molecular formula is C20H21F2N3O2. The number of nitrogens with zero attached hydrogens (tertiary/aromatic N) is 2. The number of fused-ring (bicyclic) bond motifs is 1. The Balaban J connectivity index is 2.05. The first-order chi connectivity index (χ1) is 12.6. The van der Waals surface area contributed by atoms with E-state index in [1.54, 1.807) is 50.5 Å². The van der Waals surface area contributed by atoms with Crippen LogP contribution in [-0.2, 0) is 4.74 Å². The second-order valence-corrected chi connectivity index (χ2v) is 7.28. The predicted molar refractivity (Wildman–Crippen MR) is 98.8 cm³/mol. The Morgan fingerprint density at radius 1 is 1.11 bits per heavy atom. The number of benzene rings is 2. The summed E-state index contributed by atoms with van der Waals surface area (Å²) in [4.78, 5) is 16.7. The van der Waals surface area contributed by atoms with E-state index in [4.69, 9.17) is 4.74 Å². The first kappa shape index (κ1) is 18.8. The summed E-state index contributed by atoms with van der Waals surface area (Å²) < 4.78 is 34.1. The van der Waals surface area contributed by atoms with E-state index >= 15 is 0 Å². The summed E-state index contributed by atoms with van der Waals surface area (Å²) in [6.07, 6.45) is -0.584. The van der Waals surface area contributed by atoms with Gasteiger partial charge in [0.25, 0.3) is 0 Å². The van der Waals surface area contributed by atoms with Crippen LogP contribution < -0.4 is 5.32 Å². The molecule has 0 saturated heterocycles. The largest absolute Gasteiger partial charge is 0.444 e. The van der Waals surface area contributed by atoms with E-state index in [1.807, 2.05) is 0 Å². The number of imidazole rings is 1. The van der Waals surface area contributed by atoms with Crippen molar-refractivity contribution >= 4 is 17.1 Å². The van der Waals surface area contributed by atoms with E-state index in [0.29, 0.717) is 22.5 Å². The zero-order valence-electron chi connectivity index (χ0n) is 15.6. The molecule has 7 heteroatoms. The highest BCUT2D eigenvalue weighted by Crippen LogP contribution is 2.26. The van der Waals surface area contributed by atoms with E-state index in [2.05, 4.69) is 10.3 Å². The second kappa shape index (κ2) is 6.98. The van der Waals surface area contributed by atoms with Crippen molar-refractivity contribution in [1.82, 2.24) is 14.9 Å². The number of carbonyl (C=O) groups excluding carboxylic acids is 1. The molecule has 0 saturated carbocycles. The molecule has 1 aromatic heterocycles. The fraction of sp³-hybridized carbons (Fsp3) is 0.300. The zero-order chi connectivity index (χ0) is 19.8. The molecule has 3 rings (SSSR count). The van der Waals surface area contributed by atoms with Crippen molar-refractivity contribution < 1.29 is 18.3 Å². The molecule has 0 aliphatic heterocycles. The van der Waals surface area contributed by atoms with Crippen LogP contribution in [0.15, 0.2) is 42.5 Å². The molecule has 1 atom stereocenters. The highest BCUT2D eigenvalue weighted by molar-refractivity contribution is 5.79. The van der Waals surface area contributed by atoms with Gasteiger partial charge in [-0.1, -0.05) is 0 Å². The quantitative estimate of drug-likeness (QED) is 0.711. The maximum Gasteiger partial charge on any atom is 0.408 e. The summed E-state index contributed by atoms with van der Waals surface area (Å²) in [7, 11) is 0. The summed E-state index contributed by atoms with van der Waals surface area (Å²) in [6.45, 7) is 7.07. The monoisotopic (exact) mass is 373 g/mol. The summed E-state index contributed by atoms with van der Waals surface area (Å²) in [5.74, 6) is -0.311. The Morgan fingerprint density at radius 2 is 1.74 bits per heavy atom. The summed E-state index contributed by atoms with van der Waals surface area (Å²) >= 11 is 0. The van der Waals surface area contributed by atoms with Crippen LogP contribution in [0.5, 0.6) is 0 Å². The van der Waals surface area contributed by atoms with Crippen LogP contribution in [0.4, 0.5) is 13.6 Å². The Hall–Kier alpha value is -2.96. The number of amides is 1. The van der Waals surface area contributed by atoms with Crippen molar-refractivity contribution in [3.8, 4) is 5.69 Å². The van der Waals surface area contributed by atoms with E-state index in [0.717, 1.165) is 0 Å². The van der Waals surface area contributed by atoms with Crippen molar-refractivity contribution in [2.75, 3.05) is 0 Å². The van der Waals surface area contributed by atoms with Gasteiger partial charge in [0, 0.05) is 11.8 Å². The molecule has 0 bridgehead atoms. The number of carbonyl (C=O) groups is 1. The maximum absolute atomic E-state index is 13.8. The Kier molecular flexibility index (Phi) is 4.87. The van der Waals surface area contributed by atoms with Crippen molar-refractivity contribution in [1.29, 1.82) is 0 Å². The molecule has 0 aliphatic carbocycles. The van der Waals surface area contributed by atoms with Gasteiger partial charge in [-0.3, -0.25) is 4.57 Å². The minimum Gasteiger partial charge on any atom is -0.444 e. The average molecular weight is 373 g/mol. The smallest absolute Gasteiger partial charge is 0.408 e. The van der Waals surface area contributed by atoms with E-state index in [1.165, 1.54) is 24.3 Å². The molecule has 0 aliphatic rings. The number of rotatable bonds is 3. The van der Waals surface area contributed by atoms with Gasteiger partial charge in [-0.2, -0.15) is 0 Å². The molecule has 1 heterocycles. The first-order valence-corrected chi connectivity index (χ1v) is 8.57. The van der Waals surface area contributed by atoms with Crippen LogP contribution in [0.2, 0.25) is 0 Å². The Labute approximate surface area is 156 Å². The number of nitrogens with one attached hydrogen (secondary N) is 1. The second-order valence-electron chi connectivity index (χ2n) is 7.28. The summed E-state index contributed by atoms with van der Waals surface area (Å²) in [5, 5.41) is 2.74. The molecule has 1 amide bonds. The standard InChI is InChI=1S/C20H21F2N3O2/c1-12(23-19(26)27-20(2,3)4)18-24-16-10-7-14(22)11-17(16)25(18)15-8-5-13(21)6-9-15/h5-12H,1-4H3,(H,23,26). The maximum atomic E-state index is 13.8. The van der Waals surface area contributed by atoms with Crippen molar-refractivity contribution in [2.45, 2.75) is 39.3 Å². The highest BCUT2D eigenvalue weighted by Gasteiger charge is 2.23. The fourth-order valence-electron chi connectivity index (χ4n) is 2.77. The average Bonchev–Trinajstić information content (AvgIpc) is 2.92. The van der Waals surface area contributed by atoms with Gasteiger partial charge in [0.15, 0.2) is 0 Å². The molecule has 27 heavy (non-hydrogen) atoms. The van der Waals surface area contributed by atoms with Crippen LogP contribution in [0.25, 0.3) is 16.7 Å². The van der Waals surface area contributed by atoms with Crippen molar-refractivity contribution in [3.63, 3.8) is 0 Å². The zero-order valence-corrected chi connectivity index (χ0v) is 15.6. The van der Waals surface area contributed by atoms with Crippen LogP contribution in [0, 0.1) is 11.6 Å². The van der Waals surface area contributed by atoms with Gasteiger partial charge in [0.2, 0.25) is 0 Å². The Morgan fingerprint density at radius 3 is 2.37 bits per heavy atom. The topological polar surface area (TPSA) is 56.1 Å². The van der Waals surface area contributed by atoms with Crippen molar-refractivity contribution in [3.05, 3.63) is 59.9 Å². The molecule has 1 unspecified atom stereocenters. The predicted octanol–water partition coefficient (Wildman–Crippen LogP) is 4.89. The molecule has 1 N–H and O–H groups in total. The lowest BCUT2D eigenvalue weighted by atomic mass is 10.2. The number of aromatic nitrogens is 2. The van der Waals surface area contributed by atoms with Gasteiger partial charge >= 0.3 is 6.09 Å². The fourth-order valence-corrected chi connectivity index (χ4v) is 2.77. The van der Waals surface area contributed by atoms with E-state index in [9.17, 15) is 13.6 Å². The minimum absolute atomic E-state index is 0.379. The molecule has 0 radical (unpaired) electrons. The van der Waals surface area contributed by atoms with Gasteiger partial charge in [-0.25, -0.2) is 18.6 Å². The van der Waals surface area contributed by atoms with E-state index in [-0.39, 0.29) is 5.82 Å². The summed E-state index contributed by atoms with van der Waals surface area (Å²) in [5.41, 5.74) is 1.06. The van der Waals surface area contributed by atoms with Crippen molar-refractivity contribution in [2.24, 2.45) is 0 Å². The molecule has 5 nitrogen and oxygen atoms in total. The molecule has 3 aromatic rings. The van der Waals surface area contributed by atoms with Gasteiger partial charge in [0.1, 0.15) is 23.1 Å². The molecule has 0 fully saturated rings. The van der Waals surface area contributed by atoms with Gasteiger partial charge in [-0.15, -0.1) is 0 Å².